The van der Waals surface area contributed by atoms with Crippen LogP contribution in [0.2, 0.25) is 5.02 Å². The number of likely N-dealkylation sites (N-methyl/N-ethyl adjacent to an activating group) is 1. The van der Waals surface area contributed by atoms with Crippen LogP contribution in [0, 0.1) is 17.2 Å². The molecule has 1 aromatic rings. The number of carbonyl (C=O) groups excluding carboxylic acids is 1. The van der Waals surface area contributed by atoms with Gasteiger partial charge in [0.15, 0.2) is 0 Å². The third kappa shape index (κ3) is 4.93. The molecule has 0 heterocycles. The van der Waals surface area contributed by atoms with Gasteiger partial charge in [-0.3, -0.25) is 9.69 Å². The molecule has 0 aromatic heterocycles. The van der Waals surface area contributed by atoms with Crippen LogP contribution in [0.25, 0.3) is 0 Å². The molecule has 0 unspecified atom stereocenters. The van der Waals surface area contributed by atoms with Crippen molar-refractivity contribution in [1.82, 2.24) is 4.90 Å². The van der Waals surface area contributed by atoms with Crippen LogP contribution in [0.3, 0.4) is 0 Å². The molecule has 6 heteroatoms. The van der Waals surface area contributed by atoms with Crippen molar-refractivity contribution in [2.75, 3.05) is 25.5 Å². The van der Waals surface area contributed by atoms with E-state index in [4.69, 9.17) is 16.9 Å². The molecule has 0 aliphatic heterocycles. The molecule has 0 atom stereocenters. The third-order valence-electron chi connectivity index (χ3n) is 4.47. The summed E-state index contributed by atoms with van der Waals surface area (Å²) in [6, 6.07) is 7.21. The minimum absolute atomic E-state index is 0.157. The molecule has 1 aliphatic carbocycles. The van der Waals surface area contributed by atoms with Gasteiger partial charge in [-0.25, -0.2) is 0 Å². The van der Waals surface area contributed by atoms with E-state index in [2.05, 4.69) is 5.32 Å². The Balaban J connectivity index is 1.90. The van der Waals surface area contributed by atoms with E-state index in [9.17, 15) is 9.90 Å². The standard InChI is InChI=1S/C17H22ClN3O2/c1-21(15-6-2-12(11-22)3-7-15)10-17(23)20-16-8-14(18)5-4-13(16)9-19/h4-5,8,12,15,22H,2-3,6-7,10-11H2,1H3,(H,20,23). The van der Waals surface area contributed by atoms with Gasteiger partial charge in [0.2, 0.25) is 5.91 Å². The lowest BCUT2D eigenvalue weighted by Crippen LogP contribution is -2.40. The van der Waals surface area contributed by atoms with E-state index >= 15 is 0 Å². The van der Waals surface area contributed by atoms with E-state index in [1.165, 1.54) is 0 Å². The number of aliphatic hydroxyl groups excluding tert-OH is 1. The summed E-state index contributed by atoms with van der Waals surface area (Å²) in [7, 11) is 1.94. The van der Waals surface area contributed by atoms with Crippen LogP contribution < -0.4 is 5.32 Å². The monoisotopic (exact) mass is 335 g/mol. The first-order valence-corrected chi connectivity index (χ1v) is 8.22. The number of amides is 1. The Morgan fingerprint density at radius 2 is 2.13 bits per heavy atom. The molecule has 2 N–H and O–H groups in total. The predicted molar refractivity (Wildman–Crippen MR) is 90.3 cm³/mol. The van der Waals surface area contributed by atoms with Crippen LogP contribution in [0.15, 0.2) is 18.2 Å². The van der Waals surface area contributed by atoms with Crippen molar-refractivity contribution >= 4 is 23.2 Å². The molecule has 1 fully saturated rings. The number of carbonyl (C=O) groups is 1. The summed E-state index contributed by atoms with van der Waals surface area (Å²) in [6.45, 7) is 0.522. The van der Waals surface area contributed by atoms with Crippen LogP contribution in [0.4, 0.5) is 5.69 Å². The van der Waals surface area contributed by atoms with Crippen LogP contribution >= 0.6 is 11.6 Å². The fraction of sp³-hybridized carbons (Fsp3) is 0.529. The molecule has 0 spiro atoms. The van der Waals surface area contributed by atoms with E-state index in [0.717, 1.165) is 25.7 Å². The van der Waals surface area contributed by atoms with Crippen LogP contribution in [0.1, 0.15) is 31.2 Å². The summed E-state index contributed by atoms with van der Waals surface area (Å²) in [5, 5.41) is 21.5. The van der Waals surface area contributed by atoms with Gasteiger partial charge in [0, 0.05) is 17.7 Å². The highest BCUT2D eigenvalue weighted by atomic mass is 35.5. The van der Waals surface area contributed by atoms with Crippen LogP contribution in [-0.2, 0) is 4.79 Å². The van der Waals surface area contributed by atoms with Gasteiger partial charge < -0.3 is 10.4 Å². The number of anilines is 1. The molecule has 0 saturated heterocycles. The second-order valence-electron chi connectivity index (χ2n) is 6.12. The number of halogens is 1. The zero-order valence-corrected chi connectivity index (χ0v) is 14.0. The molecule has 1 aliphatic rings. The van der Waals surface area contributed by atoms with Gasteiger partial charge in [-0.2, -0.15) is 5.26 Å². The first-order valence-electron chi connectivity index (χ1n) is 7.84. The molecule has 2 rings (SSSR count). The predicted octanol–water partition coefficient (Wildman–Crippen LogP) is 2.63. The van der Waals surface area contributed by atoms with E-state index in [1.54, 1.807) is 18.2 Å². The first kappa shape index (κ1) is 17.7. The van der Waals surface area contributed by atoms with E-state index < -0.39 is 0 Å². The highest BCUT2D eigenvalue weighted by molar-refractivity contribution is 6.31. The van der Waals surface area contributed by atoms with Gasteiger partial charge in [0.1, 0.15) is 6.07 Å². The molecule has 1 saturated carbocycles. The third-order valence-corrected chi connectivity index (χ3v) is 4.70. The largest absolute Gasteiger partial charge is 0.396 e. The lowest BCUT2D eigenvalue weighted by atomic mass is 9.86. The average Bonchev–Trinajstić information content (AvgIpc) is 2.55. The Hall–Kier alpha value is -1.61. The number of benzene rings is 1. The number of nitriles is 1. The smallest absolute Gasteiger partial charge is 0.238 e. The van der Waals surface area contributed by atoms with E-state index in [0.29, 0.717) is 28.2 Å². The molecule has 5 nitrogen and oxygen atoms in total. The van der Waals surface area contributed by atoms with Crippen molar-refractivity contribution in [3.63, 3.8) is 0 Å². The number of aliphatic hydroxyl groups is 1. The Morgan fingerprint density at radius 1 is 1.43 bits per heavy atom. The van der Waals surface area contributed by atoms with Crippen molar-refractivity contribution in [2.45, 2.75) is 31.7 Å². The second-order valence-corrected chi connectivity index (χ2v) is 6.56. The Labute approximate surface area is 141 Å². The van der Waals surface area contributed by atoms with Crippen LogP contribution in [-0.4, -0.2) is 42.2 Å². The Bertz CT molecular complexity index is 592. The maximum atomic E-state index is 12.2. The molecule has 0 radical (unpaired) electrons. The van der Waals surface area contributed by atoms with Gasteiger partial charge in [-0.05, 0) is 56.8 Å². The first-order chi connectivity index (χ1) is 11.0. The van der Waals surface area contributed by atoms with Crippen molar-refractivity contribution < 1.29 is 9.90 Å². The van der Waals surface area contributed by atoms with Gasteiger partial charge in [-0.15, -0.1) is 0 Å². The number of hydrogen-bond donors (Lipinski definition) is 2. The number of nitrogens with zero attached hydrogens (tertiary/aromatic N) is 2. The SMILES string of the molecule is CN(CC(=O)Nc1cc(Cl)ccc1C#N)C1CCC(CO)CC1. The Kier molecular flexibility index (Phi) is 6.40. The molecular weight excluding hydrogens is 314 g/mol. The quantitative estimate of drug-likeness (QED) is 0.867. The minimum atomic E-state index is -0.157. The lowest BCUT2D eigenvalue weighted by molar-refractivity contribution is -0.117. The van der Waals surface area contributed by atoms with Crippen molar-refractivity contribution in [1.29, 1.82) is 5.26 Å². The Morgan fingerprint density at radius 3 is 2.74 bits per heavy atom. The molecule has 1 amide bonds. The summed E-state index contributed by atoms with van der Waals surface area (Å²) in [5.41, 5.74) is 0.844. The van der Waals surface area contributed by atoms with Gasteiger partial charge in [0.25, 0.3) is 0 Å². The van der Waals surface area contributed by atoms with Crippen molar-refractivity contribution in [2.24, 2.45) is 5.92 Å². The highest BCUT2D eigenvalue weighted by Gasteiger charge is 2.24. The van der Waals surface area contributed by atoms with Gasteiger partial charge in [0.05, 0.1) is 17.8 Å². The van der Waals surface area contributed by atoms with Gasteiger partial charge in [-0.1, -0.05) is 11.6 Å². The zero-order chi connectivity index (χ0) is 16.8. The van der Waals surface area contributed by atoms with Gasteiger partial charge >= 0.3 is 0 Å². The molecule has 0 bridgehead atoms. The van der Waals surface area contributed by atoms with Crippen LogP contribution in [0.5, 0.6) is 0 Å². The lowest BCUT2D eigenvalue weighted by Gasteiger charge is -2.33. The van der Waals surface area contributed by atoms with Crippen molar-refractivity contribution in [3.8, 4) is 6.07 Å². The average molecular weight is 336 g/mol. The zero-order valence-electron chi connectivity index (χ0n) is 13.3. The summed E-state index contributed by atoms with van der Waals surface area (Å²) >= 11 is 5.92. The summed E-state index contributed by atoms with van der Waals surface area (Å²) < 4.78 is 0. The normalized spacial score (nSPS) is 21.0. The number of hydrogen-bond acceptors (Lipinski definition) is 4. The molecule has 1 aromatic carbocycles. The molecule has 124 valence electrons. The highest BCUT2D eigenvalue weighted by Crippen LogP contribution is 2.26. The number of rotatable bonds is 5. The fourth-order valence-electron chi connectivity index (χ4n) is 3.03. The second kappa shape index (κ2) is 8.30. The van der Waals surface area contributed by atoms with Crippen molar-refractivity contribution in [3.05, 3.63) is 28.8 Å². The maximum absolute atomic E-state index is 12.2. The number of nitrogens with one attached hydrogen (secondary N) is 1. The minimum Gasteiger partial charge on any atom is -0.396 e. The van der Waals surface area contributed by atoms with E-state index in [-0.39, 0.29) is 19.1 Å². The summed E-state index contributed by atoms with van der Waals surface area (Å²) in [4.78, 5) is 14.3. The maximum Gasteiger partial charge on any atom is 0.238 e. The fourth-order valence-corrected chi connectivity index (χ4v) is 3.20. The molecular formula is C17H22ClN3O2. The summed E-state index contributed by atoms with van der Waals surface area (Å²) in [6.07, 6.45) is 3.99. The molecule has 23 heavy (non-hydrogen) atoms. The van der Waals surface area contributed by atoms with E-state index in [1.807, 2.05) is 18.0 Å². The summed E-state index contributed by atoms with van der Waals surface area (Å²) in [5.74, 6) is 0.244. The topological polar surface area (TPSA) is 76.4 Å².